The van der Waals surface area contributed by atoms with Crippen LogP contribution < -0.4 is 11.5 Å². The summed E-state index contributed by atoms with van der Waals surface area (Å²) in [7, 11) is 0. The number of benzene rings is 1. The van der Waals surface area contributed by atoms with Gasteiger partial charge in [0.05, 0.1) is 10.5 Å². The van der Waals surface area contributed by atoms with Crippen molar-refractivity contribution >= 4 is 17.3 Å². The predicted octanol–water partition coefficient (Wildman–Crippen LogP) is 1.52. The number of aliphatic imine (C=N–C) groups is 1. The van der Waals surface area contributed by atoms with E-state index in [4.69, 9.17) is 11.5 Å². The smallest absolute Gasteiger partial charge is 0.370 e. The second kappa shape index (κ2) is 4.28. The summed E-state index contributed by atoms with van der Waals surface area (Å²) in [4.78, 5) is 12.9. The van der Waals surface area contributed by atoms with Crippen molar-refractivity contribution in [2.45, 2.75) is 6.18 Å². The highest BCUT2D eigenvalue weighted by molar-refractivity contribution is 5.81. The van der Waals surface area contributed by atoms with Crippen molar-refractivity contribution in [3.8, 4) is 0 Å². The molecule has 1 rings (SSSR count). The summed E-state index contributed by atoms with van der Waals surface area (Å²) in [5.74, 6) is -0.479. The van der Waals surface area contributed by atoms with Crippen LogP contribution in [0.25, 0.3) is 0 Å². The van der Waals surface area contributed by atoms with Crippen LogP contribution in [0.4, 0.5) is 24.5 Å². The van der Waals surface area contributed by atoms with Gasteiger partial charge in [-0.15, -0.1) is 0 Å². The van der Waals surface area contributed by atoms with Gasteiger partial charge in [0.2, 0.25) is 0 Å². The molecule has 0 saturated carbocycles. The van der Waals surface area contributed by atoms with Crippen LogP contribution in [0, 0.1) is 10.1 Å². The molecule has 0 aliphatic carbocycles. The standard InChI is InChI=1S/C8H7F3N4O2/c9-8(10,11)4-1-2-5(14-7(12)13)6(3-4)15(16)17/h1-3H,(H4,12,13,14). The van der Waals surface area contributed by atoms with Crippen LogP contribution in [0.15, 0.2) is 23.2 Å². The van der Waals surface area contributed by atoms with Crippen LogP contribution in [0.1, 0.15) is 5.56 Å². The second-order valence-corrected chi connectivity index (χ2v) is 3.00. The van der Waals surface area contributed by atoms with Gasteiger partial charge in [0.1, 0.15) is 5.69 Å². The molecule has 0 saturated heterocycles. The molecular weight excluding hydrogens is 241 g/mol. The molecule has 9 heteroatoms. The number of nitrogens with two attached hydrogens (primary N) is 2. The van der Waals surface area contributed by atoms with Gasteiger partial charge in [-0.05, 0) is 12.1 Å². The van der Waals surface area contributed by atoms with E-state index in [1.54, 1.807) is 0 Å². The van der Waals surface area contributed by atoms with Crippen molar-refractivity contribution in [2.75, 3.05) is 0 Å². The Kier molecular flexibility index (Phi) is 3.21. The average molecular weight is 248 g/mol. The number of hydrogen-bond acceptors (Lipinski definition) is 3. The predicted molar refractivity (Wildman–Crippen MR) is 53.6 cm³/mol. The van der Waals surface area contributed by atoms with E-state index in [1.165, 1.54) is 0 Å². The van der Waals surface area contributed by atoms with Crippen molar-refractivity contribution in [3.05, 3.63) is 33.9 Å². The van der Waals surface area contributed by atoms with Gasteiger partial charge in [0.15, 0.2) is 5.96 Å². The number of hydrogen-bond donors (Lipinski definition) is 2. The Morgan fingerprint density at radius 2 is 1.94 bits per heavy atom. The Labute approximate surface area is 92.9 Å². The van der Waals surface area contributed by atoms with Gasteiger partial charge in [-0.3, -0.25) is 10.1 Å². The minimum absolute atomic E-state index is 0.331. The number of nitrogens with zero attached hydrogens (tertiary/aromatic N) is 2. The Morgan fingerprint density at radius 3 is 2.35 bits per heavy atom. The molecule has 1 aromatic rings. The third kappa shape index (κ3) is 3.06. The zero-order valence-electron chi connectivity index (χ0n) is 8.23. The van der Waals surface area contributed by atoms with E-state index in [0.717, 1.165) is 6.07 Å². The molecule has 0 unspecified atom stereocenters. The summed E-state index contributed by atoms with van der Waals surface area (Å²) in [6.07, 6.45) is -4.67. The first-order chi connectivity index (χ1) is 7.71. The molecule has 17 heavy (non-hydrogen) atoms. The number of rotatable bonds is 2. The van der Waals surface area contributed by atoms with Gasteiger partial charge in [0.25, 0.3) is 5.69 Å². The van der Waals surface area contributed by atoms with Crippen LogP contribution in [-0.2, 0) is 6.18 Å². The van der Waals surface area contributed by atoms with Crippen molar-refractivity contribution in [2.24, 2.45) is 16.5 Å². The molecule has 0 heterocycles. The fraction of sp³-hybridized carbons (Fsp3) is 0.125. The van der Waals surface area contributed by atoms with E-state index in [9.17, 15) is 23.3 Å². The molecule has 6 nitrogen and oxygen atoms in total. The van der Waals surface area contributed by atoms with Crippen molar-refractivity contribution < 1.29 is 18.1 Å². The van der Waals surface area contributed by atoms with Crippen LogP contribution in [0.5, 0.6) is 0 Å². The maximum atomic E-state index is 12.3. The number of nitro groups is 1. The highest BCUT2D eigenvalue weighted by atomic mass is 19.4. The minimum atomic E-state index is -4.67. The highest BCUT2D eigenvalue weighted by Gasteiger charge is 2.33. The Bertz CT molecular complexity index is 480. The quantitative estimate of drug-likeness (QED) is 0.358. The first-order valence-electron chi connectivity index (χ1n) is 4.17. The maximum absolute atomic E-state index is 12.3. The van der Waals surface area contributed by atoms with Gasteiger partial charge >= 0.3 is 6.18 Å². The highest BCUT2D eigenvalue weighted by Crippen LogP contribution is 2.35. The largest absolute Gasteiger partial charge is 0.416 e. The van der Waals surface area contributed by atoms with Crippen molar-refractivity contribution in [1.29, 1.82) is 0 Å². The lowest BCUT2D eigenvalue weighted by atomic mass is 10.1. The summed E-state index contributed by atoms with van der Waals surface area (Å²) in [5, 5.41) is 10.6. The van der Waals surface area contributed by atoms with Crippen molar-refractivity contribution in [3.63, 3.8) is 0 Å². The molecular formula is C8H7F3N4O2. The van der Waals surface area contributed by atoms with Gasteiger partial charge in [-0.1, -0.05) is 0 Å². The van der Waals surface area contributed by atoms with E-state index in [2.05, 4.69) is 4.99 Å². The molecule has 0 aliphatic heterocycles. The molecule has 0 amide bonds. The molecule has 0 fully saturated rings. The normalized spacial score (nSPS) is 11.0. The van der Waals surface area contributed by atoms with E-state index in [-0.39, 0.29) is 5.69 Å². The lowest BCUT2D eigenvalue weighted by Gasteiger charge is -2.06. The van der Waals surface area contributed by atoms with E-state index in [1.807, 2.05) is 0 Å². The SMILES string of the molecule is NC(N)=Nc1ccc(C(F)(F)F)cc1[N+](=O)[O-]. The first-order valence-corrected chi connectivity index (χ1v) is 4.17. The summed E-state index contributed by atoms with van der Waals surface area (Å²) in [6, 6.07) is 1.87. The lowest BCUT2D eigenvalue weighted by molar-refractivity contribution is -0.384. The van der Waals surface area contributed by atoms with Crippen molar-refractivity contribution in [1.82, 2.24) is 0 Å². The maximum Gasteiger partial charge on any atom is 0.416 e. The Morgan fingerprint density at radius 1 is 1.35 bits per heavy atom. The van der Waals surface area contributed by atoms with Gasteiger partial charge in [-0.2, -0.15) is 13.2 Å². The summed E-state index contributed by atoms with van der Waals surface area (Å²) >= 11 is 0. The van der Waals surface area contributed by atoms with Gasteiger partial charge in [0, 0.05) is 6.07 Å². The fourth-order valence-electron chi connectivity index (χ4n) is 1.08. The molecule has 92 valence electrons. The first kappa shape index (κ1) is 12.7. The fourth-order valence-corrected chi connectivity index (χ4v) is 1.08. The third-order valence-corrected chi connectivity index (χ3v) is 1.75. The second-order valence-electron chi connectivity index (χ2n) is 3.00. The molecule has 0 radical (unpaired) electrons. The lowest BCUT2D eigenvalue weighted by Crippen LogP contribution is -2.22. The number of nitro benzene ring substituents is 1. The Hall–Kier alpha value is -2.32. The van der Waals surface area contributed by atoms with Crippen LogP contribution in [0.2, 0.25) is 0 Å². The third-order valence-electron chi connectivity index (χ3n) is 1.75. The summed E-state index contributed by atoms with van der Waals surface area (Å²) < 4.78 is 37.0. The van der Waals surface area contributed by atoms with Crippen LogP contribution >= 0.6 is 0 Å². The monoisotopic (exact) mass is 248 g/mol. The molecule has 4 N–H and O–H groups in total. The zero-order chi connectivity index (χ0) is 13.2. The molecule has 0 aliphatic rings. The number of guanidine groups is 1. The molecule has 0 spiro atoms. The van der Waals surface area contributed by atoms with Crippen LogP contribution in [0.3, 0.4) is 0 Å². The number of alkyl halides is 3. The average Bonchev–Trinajstić information content (AvgIpc) is 2.15. The zero-order valence-corrected chi connectivity index (χ0v) is 8.23. The number of halogens is 3. The molecule has 1 aromatic carbocycles. The topological polar surface area (TPSA) is 108 Å². The van der Waals surface area contributed by atoms with E-state index < -0.39 is 28.3 Å². The van der Waals surface area contributed by atoms with E-state index >= 15 is 0 Å². The summed E-state index contributed by atoms with van der Waals surface area (Å²) in [6.45, 7) is 0. The summed E-state index contributed by atoms with van der Waals surface area (Å²) in [5.41, 5.74) is 7.72. The molecule has 0 aromatic heterocycles. The van der Waals surface area contributed by atoms with Gasteiger partial charge in [-0.25, -0.2) is 4.99 Å². The van der Waals surface area contributed by atoms with Gasteiger partial charge < -0.3 is 11.5 Å². The minimum Gasteiger partial charge on any atom is -0.370 e. The van der Waals surface area contributed by atoms with E-state index in [0.29, 0.717) is 12.1 Å². The Balaban J connectivity index is 3.38. The molecule has 0 atom stereocenters. The molecule has 0 bridgehead atoms. The van der Waals surface area contributed by atoms with Crippen LogP contribution in [-0.4, -0.2) is 10.9 Å².